The van der Waals surface area contributed by atoms with E-state index in [0.29, 0.717) is 15.8 Å². The molecule has 0 aliphatic rings. The average Bonchev–Trinajstić information content (AvgIpc) is 3.06. The van der Waals surface area contributed by atoms with Gasteiger partial charge in [-0.05, 0) is 55.3 Å². The molecule has 3 rings (SSSR count). The molecule has 1 heterocycles. The van der Waals surface area contributed by atoms with Crippen molar-refractivity contribution < 1.29 is 4.79 Å². The second kappa shape index (κ2) is 8.33. The summed E-state index contributed by atoms with van der Waals surface area (Å²) in [6.45, 7) is 5.60. The zero-order valence-corrected chi connectivity index (χ0v) is 16.8. The largest absolute Gasteiger partial charge is 0.278 e. The van der Waals surface area contributed by atoms with Gasteiger partial charge in [0.2, 0.25) is 5.91 Å². The van der Waals surface area contributed by atoms with Gasteiger partial charge in [0, 0.05) is 17.3 Å². The van der Waals surface area contributed by atoms with Gasteiger partial charge in [-0.3, -0.25) is 15.1 Å². The van der Waals surface area contributed by atoms with Crippen molar-refractivity contribution in [3.8, 4) is 0 Å². The molecular weight excluding hydrogens is 380 g/mol. The highest BCUT2D eigenvalue weighted by molar-refractivity contribution is 7.14. The van der Waals surface area contributed by atoms with E-state index in [0.717, 1.165) is 16.9 Å². The molecule has 27 heavy (non-hydrogen) atoms. The van der Waals surface area contributed by atoms with Gasteiger partial charge in [-0.15, -0.1) is 11.3 Å². The second-order valence-electron chi connectivity index (χ2n) is 6.06. The van der Waals surface area contributed by atoms with Gasteiger partial charge in [0.1, 0.15) is 0 Å². The highest BCUT2D eigenvalue weighted by Crippen LogP contribution is 2.30. The number of halogens is 1. The Morgan fingerprint density at radius 3 is 2.74 bits per heavy atom. The van der Waals surface area contributed by atoms with E-state index in [1.165, 1.54) is 23.8 Å². The maximum absolute atomic E-state index is 12.2. The molecule has 7 heteroatoms. The first-order valence-corrected chi connectivity index (χ1v) is 9.58. The topological polar surface area (TPSA) is 57.6 Å². The minimum absolute atomic E-state index is 0.0897. The fourth-order valence-corrected chi connectivity index (χ4v) is 3.49. The Bertz CT molecular complexity index is 999. The van der Waals surface area contributed by atoms with Crippen LogP contribution in [-0.4, -0.2) is 17.1 Å². The van der Waals surface area contributed by atoms with E-state index < -0.39 is 0 Å². The van der Waals surface area contributed by atoms with E-state index in [1.807, 2.05) is 49.6 Å². The monoisotopic (exact) mass is 398 g/mol. The van der Waals surface area contributed by atoms with Crippen molar-refractivity contribution in [1.82, 2.24) is 4.98 Å². The SMILES string of the molecule is CC(=O)N(c1ccc(C)c(C)c1)c1nc(/C=N\Nc2cccc(Cl)c2)cs1. The molecule has 1 N–H and O–H groups in total. The molecule has 0 saturated carbocycles. The van der Waals surface area contributed by atoms with Crippen LogP contribution in [0.25, 0.3) is 0 Å². The molecular formula is C20H19ClN4OS. The van der Waals surface area contributed by atoms with Gasteiger partial charge >= 0.3 is 0 Å². The standard InChI is InChI=1S/C20H19ClN4OS/c1-13-7-8-19(9-14(13)2)25(15(3)26)20-23-18(12-27-20)11-22-24-17-6-4-5-16(21)10-17/h4-12,24H,1-3H3/b22-11-. The first-order chi connectivity index (χ1) is 12.9. The Morgan fingerprint density at radius 2 is 2.04 bits per heavy atom. The molecule has 1 amide bonds. The zero-order valence-electron chi connectivity index (χ0n) is 15.2. The number of hydrazone groups is 1. The Kier molecular flexibility index (Phi) is 5.88. The Labute approximate surface area is 167 Å². The van der Waals surface area contributed by atoms with E-state index in [-0.39, 0.29) is 5.91 Å². The van der Waals surface area contributed by atoms with Gasteiger partial charge in [-0.25, -0.2) is 4.98 Å². The fraction of sp³-hybridized carbons (Fsp3) is 0.150. The quantitative estimate of drug-likeness (QED) is 0.453. The Hall–Kier alpha value is -2.70. The lowest BCUT2D eigenvalue weighted by Gasteiger charge is -2.19. The number of thiazole rings is 1. The second-order valence-corrected chi connectivity index (χ2v) is 7.33. The van der Waals surface area contributed by atoms with Gasteiger partial charge in [-0.2, -0.15) is 5.10 Å². The predicted molar refractivity (Wildman–Crippen MR) is 114 cm³/mol. The maximum Gasteiger partial charge on any atom is 0.230 e. The van der Waals surface area contributed by atoms with Crippen molar-refractivity contribution in [2.75, 3.05) is 10.3 Å². The minimum atomic E-state index is -0.0897. The average molecular weight is 399 g/mol. The number of benzene rings is 2. The summed E-state index contributed by atoms with van der Waals surface area (Å²) in [5.41, 5.74) is 7.48. The molecule has 0 aliphatic heterocycles. The number of aromatic nitrogens is 1. The van der Waals surface area contributed by atoms with E-state index >= 15 is 0 Å². The number of rotatable bonds is 5. The molecule has 0 spiro atoms. The molecule has 0 atom stereocenters. The number of carbonyl (C=O) groups excluding carboxylic acids is 1. The lowest BCUT2D eigenvalue weighted by atomic mass is 10.1. The molecule has 0 saturated heterocycles. The van der Waals surface area contributed by atoms with Crippen LogP contribution < -0.4 is 10.3 Å². The maximum atomic E-state index is 12.2. The van der Waals surface area contributed by atoms with Crippen LogP contribution in [0, 0.1) is 13.8 Å². The molecule has 1 aromatic heterocycles. The Morgan fingerprint density at radius 1 is 1.22 bits per heavy atom. The van der Waals surface area contributed by atoms with Crippen LogP contribution in [-0.2, 0) is 4.79 Å². The summed E-state index contributed by atoms with van der Waals surface area (Å²) in [4.78, 5) is 18.3. The first-order valence-electron chi connectivity index (χ1n) is 8.32. The number of carbonyl (C=O) groups is 1. The van der Waals surface area contributed by atoms with E-state index in [4.69, 9.17) is 11.6 Å². The Balaban J connectivity index is 1.78. The minimum Gasteiger partial charge on any atom is -0.278 e. The molecule has 138 valence electrons. The van der Waals surface area contributed by atoms with Crippen LogP contribution in [0.2, 0.25) is 5.02 Å². The van der Waals surface area contributed by atoms with Gasteiger partial charge in [0.25, 0.3) is 0 Å². The van der Waals surface area contributed by atoms with E-state index in [2.05, 4.69) is 15.5 Å². The molecule has 2 aromatic carbocycles. The van der Waals surface area contributed by atoms with Crippen LogP contribution in [0.15, 0.2) is 52.9 Å². The van der Waals surface area contributed by atoms with E-state index in [1.54, 1.807) is 23.2 Å². The predicted octanol–water partition coefficient (Wildman–Crippen LogP) is 5.54. The van der Waals surface area contributed by atoms with Gasteiger partial charge in [-0.1, -0.05) is 23.7 Å². The molecule has 5 nitrogen and oxygen atoms in total. The molecule has 0 fully saturated rings. The summed E-state index contributed by atoms with van der Waals surface area (Å²) in [5, 5.41) is 7.27. The number of aryl methyl sites for hydroxylation is 2. The number of anilines is 3. The van der Waals surface area contributed by atoms with Crippen LogP contribution in [0.3, 0.4) is 0 Å². The zero-order chi connectivity index (χ0) is 19.4. The van der Waals surface area contributed by atoms with Crippen molar-refractivity contribution in [2.45, 2.75) is 20.8 Å². The normalized spacial score (nSPS) is 11.0. The molecule has 0 bridgehead atoms. The van der Waals surface area contributed by atoms with Crippen molar-refractivity contribution in [3.63, 3.8) is 0 Å². The van der Waals surface area contributed by atoms with Gasteiger partial charge < -0.3 is 0 Å². The lowest BCUT2D eigenvalue weighted by molar-refractivity contribution is -0.115. The number of hydrogen-bond acceptors (Lipinski definition) is 5. The number of hydrogen-bond donors (Lipinski definition) is 1. The summed E-state index contributed by atoms with van der Waals surface area (Å²) < 4.78 is 0. The highest BCUT2D eigenvalue weighted by atomic mass is 35.5. The molecule has 3 aromatic rings. The van der Waals surface area contributed by atoms with Crippen LogP contribution in [0.1, 0.15) is 23.7 Å². The van der Waals surface area contributed by atoms with Crippen LogP contribution in [0.4, 0.5) is 16.5 Å². The van der Waals surface area contributed by atoms with Crippen molar-refractivity contribution >= 4 is 51.6 Å². The van der Waals surface area contributed by atoms with Gasteiger partial charge in [0.05, 0.1) is 23.3 Å². The summed E-state index contributed by atoms with van der Waals surface area (Å²) in [6.07, 6.45) is 1.61. The summed E-state index contributed by atoms with van der Waals surface area (Å²) in [5.74, 6) is -0.0897. The summed E-state index contributed by atoms with van der Waals surface area (Å²) in [6, 6.07) is 13.2. The molecule has 0 radical (unpaired) electrons. The third kappa shape index (κ3) is 4.72. The first kappa shape index (κ1) is 19.1. The number of nitrogens with zero attached hydrogens (tertiary/aromatic N) is 3. The van der Waals surface area contributed by atoms with Crippen molar-refractivity contribution in [2.24, 2.45) is 5.10 Å². The fourth-order valence-electron chi connectivity index (χ4n) is 2.46. The molecule has 0 unspecified atom stereocenters. The van der Waals surface area contributed by atoms with Crippen molar-refractivity contribution in [3.05, 3.63) is 69.7 Å². The number of nitrogens with one attached hydrogen (secondary N) is 1. The van der Waals surface area contributed by atoms with Crippen molar-refractivity contribution in [1.29, 1.82) is 0 Å². The van der Waals surface area contributed by atoms with Crippen LogP contribution >= 0.6 is 22.9 Å². The summed E-state index contributed by atoms with van der Waals surface area (Å²) >= 11 is 7.34. The highest BCUT2D eigenvalue weighted by Gasteiger charge is 2.18. The summed E-state index contributed by atoms with van der Waals surface area (Å²) in [7, 11) is 0. The third-order valence-corrected chi connectivity index (χ3v) is 5.06. The van der Waals surface area contributed by atoms with Crippen LogP contribution in [0.5, 0.6) is 0 Å². The lowest BCUT2D eigenvalue weighted by Crippen LogP contribution is -2.22. The number of amides is 1. The smallest absolute Gasteiger partial charge is 0.230 e. The van der Waals surface area contributed by atoms with E-state index in [9.17, 15) is 4.79 Å². The third-order valence-electron chi connectivity index (χ3n) is 3.98. The molecule has 0 aliphatic carbocycles. The van der Waals surface area contributed by atoms with Gasteiger partial charge in [0.15, 0.2) is 5.13 Å².